The average molecular weight is 587 g/mol. The Kier molecular flexibility index (Phi) is 8.15. The van der Waals surface area contributed by atoms with Gasteiger partial charge < -0.3 is 14.7 Å². The van der Waals surface area contributed by atoms with Gasteiger partial charge >= 0.3 is 5.97 Å². The van der Waals surface area contributed by atoms with Crippen LogP contribution in [0.15, 0.2) is 42.5 Å². The Morgan fingerprint density at radius 2 is 1.74 bits per heavy atom. The number of rotatable bonds is 8. The summed E-state index contributed by atoms with van der Waals surface area (Å²) in [4.78, 5) is 27.1. The topological polar surface area (TPSA) is 101 Å². The van der Waals surface area contributed by atoms with Gasteiger partial charge in [0.25, 0.3) is 5.91 Å². The summed E-state index contributed by atoms with van der Waals surface area (Å²) < 4.78 is 45.9. The van der Waals surface area contributed by atoms with Crippen LogP contribution in [0.5, 0.6) is 0 Å². The van der Waals surface area contributed by atoms with Gasteiger partial charge in [0.1, 0.15) is 18.0 Å². The lowest BCUT2D eigenvalue weighted by Gasteiger charge is -2.48. The third-order valence-electron chi connectivity index (χ3n) is 7.12. The van der Waals surface area contributed by atoms with Crippen molar-refractivity contribution < 1.29 is 32.2 Å². The number of nitrogens with zero attached hydrogens (tertiary/aromatic N) is 1. The maximum Gasteiger partial charge on any atom is 0.306 e. The molecule has 0 spiro atoms. The number of carboxylic acids is 1. The van der Waals surface area contributed by atoms with E-state index in [4.69, 9.17) is 27.9 Å². The van der Waals surface area contributed by atoms with Gasteiger partial charge in [-0.15, -0.1) is 0 Å². The fourth-order valence-electron chi connectivity index (χ4n) is 4.77. The van der Waals surface area contributed by atoms with E-state index < -0.39 is 63.0 Å². The second-order valence-electron chi connectivity index (χ2n) is 10.9. The van der Waals surface area contributed by atoms with Crippen molar-refractivity contribution in [2.45, 2.75) is 69.1 Å². The highest BCUT2D eigenvalue weighted by molar-refractivity contribution is 7.92. The van der Waals surface area contributed by atoms with E-state index in [1.165, 1.54) is 23.1 Å². The molecule has 2 fully saturated rings. The first-order chi connectivity index (χ1) is 17.7. The minimum absolute atomic E-state index is 0.0769. The van der Waals surface area contributed by atoms with Crippen LogP contribution in [-0.2, 0) is 24.2 Å². The molecule has 1 saturated carbocycles. The molecule has 7 nitrogen and oxygen atoms in total. The minimum Gasteiger partial charge on any atom is -0.481 e. The van der Waals surface area contributed by atoms with Crippen molar-refractivity contribution in [3.63, 3.8) is 0 Å². The summed E-state index contributed by atoms with van der Waals surface area (Å²) in [5.74, 6) is -2.84. The van der Waals surface area contributed by atoms with E-state index in [1.807, 2.05) is 0 Å². The van der Waals surface area contributed by atoms with E-state index in [0.717, 1.165) is 12.8 Å². The van der Waals surface area contributed by atoms with Crippen LogP contribution in [0.2, 0.25) is 10.0 Å². The van der Waals surface area contributed by atoms with Crippen LogP contribution >= 0.6 is 23.2 Å². The summed E-state index contributed by atoms with van der Waals surface area (Å²) in [6.07, 6.45) is -1.46. The number of hydrogen-bond donors (Lipinski definition) is 1. The van der Waals surface area contributed by atoms with Crippen LogP contribution in [0.3, 0.4) is 0 Å². The summed E-state index contributed by atoms with van der Waals surface area (Å²) >= 11 is 12.2. The van der Waals surface area contributed by atoms with Crippen molar-refractivity contribution in [3.05, 3.63) is 69.5 Å². The van der Waals surface area contributed by atoms with Gasteiger partial charge in [-0.05, 0) is 74.9 Å². The Bertz CT molecular complexity index is 1320. The van der Waals surface area contributed by atoms with Gasteiger partial charge in [0, 0.05) is 11.1 Å². The molecule has 4 atom stereocenters. The molecule has 0 radical (unpaired) electrons. The van der Waals surface area contributed by atoms with Crippen molar-refractivity contribution in [3.8, 4) is 0 Å². The number of carbonyl (C=O) groups is 2. The van der Waals surface area contributed by atoms with E-state index in [1.54, 1.807) is 45.0 Å². The Hall–Kier alpha value is -2.20. The van der Waals surface area contributed by atoms with E-state index in [0.29, 0.717) is 16.1 Å². The van der Waals surface area contributed by atoms with Crippen molar-refractivity contribution in [1.29, 1.82) is 0 Å². The molecule has 0 unspecified atom stereocenters. The minimum atomic E-state index is -3.66. The van der Waals surface area contributed by atoms with Gasteiger partial charge in [0.15, 0.2) is 9.84 Å². The number of morpholine rings is 1. The predicted molar refractivity (Wildman–Crippen MR) is 142 cm³/mol. The highest BCUT2D eigenvalue weighted by Crippen LogP contribution is 2.48. The van der Waals surface area contributed by atoms with Crippen molar-refractivity contribution in [2.75, 3.05) is 5.75 Å². The molecule has 1 heterocycles. The number of halogens is 3. The fraction of sp³-hybridized carbons (Fsp3) is 0.481. The fourth-order valence-corrected chi connectivity index (χ4v) is 6.46. The van der Waals surface area contributed by atoms with Gasteiger partial charge in [0.2, 0.25) is 0 Å². The van der Waals surface area contributed by atoms with E-state index in [-0.39, 0.29) is 16.7 Å². The Balaban J connectivity index is 1.90. The molecule has 1 saturated heterocycles. The molecule has 206 valence electrons. The molecule has 1 aliphatic heterocycles. The molecular formula is C27H30Cl2FNO6S. The second kappa shape index (κ2) is 10.8. The Labute approximate surface area is 231 Å². The monoisotopic (exact) mass is 585 g/mol. The largest absolute Gasteiger partial charge is 0.481 e. The Morgan fingerprint density at radius 1 is 1.13 bits per heavy atom. The van der Waals surface area contributed by atoms with Crippen molar-refractivity contribution in [2.24, 2.45) is 5.92 Å². The number of carboxylic acid groups (broad SMARTS) is 1. The highest BCUT2D eigenvalue weighted by atomic mass is 35.5. The normalized spacial score (nSPS) is 23.4. The van der Waals surface area contributed by atoms with Crippen molar-refractivity contribution >= 4 is 44.9 Å². The SMILES string of the molecule is CC(C)(C)S(=O)(=O)C[C@H](C1CC1)N1C(=O)[C@H](CC(=O)O)O[C@H](c2ccc(F)c(Cl)c2)[C@H]1c1ccc(Cl)cc1. The molecule has 1 aliphatic carbocycles. The number of ether oxygens (including phenoxy) is 1. The molecule has 0 aromatic heterocycles. The summed E-state index contributed by atoms with van der Waals surface area (Å²) in [7, 11) is -3.66. The molecule has 1 N–H and O–H groups in total. The third-order valence-corrected chi connectivity index (χ3v) is 10.3. The first-order valence-corrected chi connectivity index (χ1v) is 14.7. The lowest BCUT2D eigenvalue weighted by Crippen LogP contribution is -2.58. The molecule has 1 amide bonds. The van der Waals surface area contributed by atoms with Crippen LogP contribution in [-0.4, -0.2) is 52.9 Å². The zero-order valence-electron chi connectivity index (χ0n) is 21.2. The number of amides is 1. The van der Waals surface area contributed by atoms with Crippen LogP contribution in [0.1, 0.15) is 63.3 Å². The van der Waals surface area contributed by atoms with E-state index >= 15 is 0 Å². The highest BCUT2D eigenvalue weighted by Gasteiger charge is 2.52. The van der Waals surface area contributed by atoms with Gasteiger partial charge in [-0.2, -0.15) is 0 Å². The lowest BCUT2D eigenvalue weighted by molar-refractivity contribution is -0.183. The molecule has 2 aliphatic rings. The van der Waals surface area contributed by atoms with Gasteiger partial charge in [-0.1, -0.05) is 41.4 Å². The maximum absolute atomic E-state index is 14.1. The molecule has 4 rings (SSSR count). The van der Waals surface area contributed by atoms with Crippen LogP contribution in [0.25, 0.3) is 0 Å². The van der Waals surface area contributed by atoms with Gasteiger partial charge in [-0.3, -0.25) is 9.59 Å². The maximum atomic E-state index is 14.1. The summed E-state index contributed by atoms with van der Waals surface area (Å²) in [6.45, 7) is 4.84. The van der Waals surface area contributed by atoms with Crippen LogP contribution < -0.4 is 0 Å². The van der Waals surface area contributed by atoms with Gasteiger partial charge in [0.05, 0.1) is 28.0 Å². The number of hydrogen-bond acceptors (Lipinski definition) is 5. The number of sulfone groups is 1. The molecule has 2 aromatic rings. The zero-order chi connectivity index (χ0) is 28.0. The quantitative estimate of drug-likeness (QED) is 0.432. The third kappa shape index (κ3) is 6.01. The van der Waals surface area contributed by atoms with Crippen LogP contribution in [0.4, 0.5) is 4.39 Å². The average Bonchev–Trinajstić information content (AvgIpc) is 3.66. The van der Waals surface area contributed by atoms with E-state index in [2.05, 4.69) is 0 Å². The molecule has 2 aromatic carbocycles. The summed E-state index contributed by atoms with van der Waals surface area (Å²) in [6, 6.07) is 9.20. The first kappa shape index (κ1) is 28.8. The molecule has 11 heteroatoms. The van der Waals surface area contributed by atoms with Crippen molar-refractivity contribution in [1.82, 2.24) is 4.90 Å². The smallest absolute Gasteiger partial charge is 0.306 e. The number of carbonyl (C=O) groups excluding carboxylic acids is 1. The number of benzene rings is 2. The first-order valence-electron chi connectivity index (χ1n) is 12.3. The summed E-state index contributed by atoms with van der Waals surface area (Å²) in [5, 5.41) is 9.84. The molecule has 0 bridgehead atoms. The lowest BCUT2D eigenvalue weighted by atomic mass is 9.89. The predicted octanol–water partition coefficient (Wildman–Crippen LogP) is 5.61. The zero-order valence-corrected chi connectivity index (χ0v) is 23.6. The van der Waals surface area contributed by atoms with Crippen LogP contribution in [0, 0.1) is 11.7 Å². The molecular weight excluding hydrogens is 556 g/mol. The second-order valence-corrected chi connectivity index (χ2v) is 14.5. The van der Waals surface area contributed by atoms with E-state index in [9.17, 15) is 27.5 Å². The summed E-state index contributed by atoms with van der Waals surface area (Å²) in [5.41, 5.74) is 1.04. The number of aliphatic carboxylic acids is 1. The van der Waals surface area contributed by atoms with Gasteiger partial charge in [-0.25, -0.2) is 12.8 Å². The standard InChI is InChI=1S/C27H30Cl2FNO6S/c1-27(2,3)38(35,36)14-21(15-4-5-15)31-24(16-6-9-18(28)10-7-16)25(17-8-11-20(30)19(29)12-17)37-22(26(31)34)13-23(32)33/h6-12,15,21-22,24-25H,4-5,13-14H2,1-3H3,(H,32,33)/t21-,22+,24-,25-/m1/s1. The molecule has 38 heavy (non-hydrogen) atoms. The Morgan fingerprint density at radius 3 is 2.26 bits per heavy atom.